The number of benzene rings is 1. The Morgan fingerprint density at radius 1 is 1.04 bits per heavy atom. The molecule has 3 N–H and O–H groups in total. The fourth-order valence-electron chi connectivity index (χ4n) is 3.71. The monoisotopic (exact) mass is 373 g/mol. The summed E-state index contributed by atoms with van der Waals surface area (Å²) >= 11 is 0. The number of rotatable bonds is 3. The molecular formula is C18H22F3NO4. The number of hydrogen-bond acceptors (Lipinski definition) is 4. The molecule has 1 aromatic carbocycles. The molecule has 1 saturated heterocycles. The molecule has 1 saturated carbocycles. The smallest absolute Gasteiger partial charge is 0.388 e. The Labute approximate surface area is 149 Å². The Balaban J connectivity index is 1.65. The maximum atomic E-state index is 12.3. The Hall–Kier alpha value is -1.64. The topological polar surface area (TPSA) is 78.8 Å². The molecule has 2 fully saturated rings. The van der Waals surface area contributed by atoms with E-state index in [1.54, 1.807) is 5.32 Å². The van der Waals surface area contributed by atoms with E-state index in [4.69, 9.17) is 4.74 Å². The quantitative estimate of drug-likeness (QED) is 0.759. The number of carbonyl (C=O) groups is 1. The van der Waals surface area contributed by atoms with Crippen LogP contribution in [0.25, 0.3) is 0 Å². The second kappa shape index (κ2) is 7.54. The second-order valence-corrected chi connectivity index (χ2v) is 6.96. The molecule has 1 aromatic rings. The summed E-state index contributed by atoms with van der Waals surface area (Å²) in [5, 5.41) is 22.0. The number of carbonyl (C=O) groups excluding carboxylic acids is 1. The molecule has 0 aromatic heterocycles. The summed E-state index contributed by atoms with van der Waals surface area (Å²) in [6.07, 6.45) is -4.18. The van der Waals surface area contributed by atoms with E-state index >= 15 is 0 Å². The number of amides is 1. The zero-order chi connectivity index (χ0) is 18.9. The van der Waals surface area contributed by atoms with Crippen molar-refractivity contribution in [3.05, 3.63) is 35.4 Å². The van der Waals surface area contributed by atoms with Crippen LogP contribution in [0, 0.1) is 0 Å². The fraction of sp³-hybridized carbons (Fsp3) is 0.611. The Kier molecular flexibility index (Phi) is 5.55. The molecule has 26 heavy (non-hydrogen) atoms. The zero-order valence-electron chi connectivity index (χ0n) is 14.1. The normalized spacial score (nSPS) is 30.3. The number of halogens is 3. The van der Waals surface area contributed by atoms with Gasteiger partial charge < -0.3 is 20.3 Å². The molecule has 0 bridgehead atoms. The van der Waals surface area contributed by atoms with Crippen LogP contribution >= 0.6 is 0 Å². The van der Waals surface area contributed by atoms with E-state index in [2.05, 4.69) is 0 Å². The van der Waals surface area contributed by atoms with Crippen molar-refractivity contribution in [3.63, 3.8) is 0 Å². The molecule has 0 spiro atoms. The molecule has 144 valence electrons. The van der Waals surface area contributed by atoms with Crippen LogP contribution in [0.5, 0.6) is 0 Å². The summed E-state index contributed by atoms with van der Waals surface area (Å²) in [5.74, 6) is -1.63. The van der Waals surface area contributed by atoms with Crippen molar-refractivity contribution in [2.45, 2.75) is 62.1 Å². The van der Waals surface area contributed by atoms with Gasteiger partial charge in [-0.15, -0.1) is 0 Å². The largest absolute Gasteiger partial charge is 0.471 e. The van der Waals surface area contributed by atoms with Crippen LogP contribution < -0.4 is 5.32 Å². The van der Waals surface area contributed by atoms with Crippen molar-refractivity contribution >= 4 is 5.91 Å². The van der Waals surface area contributed by atoms with Crippen LogP contribution in [-0.4, -0.2) is 47.2 Å². The lowest BCUT2D eigenvalue weighted by atomic mass is 9.91. The highest BCUT2D eigenvalue weighted by atomic mass is 19.4. The van der Waals surface area contributed by atoms with Crippen molar-refractivity contribution in [1.29, 1.82) is 0 Å². The lowest BCUT2D eigenvalue weighted by Gasteiger charge is -2.38. The molecule has 1 aliphatic carbocycles. The summed E-state index contributed by atoms with van der Waals surface area (Å²) < 4.78 is 42.5. The van der Waals surface area contributed by atoms with Crippen LogP contribution in [0.1, 0.15) is 48.8 Å². The average Bonchev–Trinajstić information content (AvgIpc) is 3.13. The van der Waals surface area contributed by atoms with Gasteiger partial charge in [0.1, 0.15) is 18.3 Å². The Bertz CT molecular complexity index is 628. The van der Waals surface area contributed by atoms with Crippen LogP contribution in [0.3, 0.4) is 0 Å². The number of aliphatic hydroxyl groups excluding tert-OH is 2. The van der Waals surface area contributed by atoms with Crippen molar-refractivity contribution < 1.29 is 32.9 Å². The third kappa shape index (κ3) is 4.02. The van der Waals surface area contributed by atoms with Crippen molar-refractivity contribution in [1.82, 2.24) is 5.32 Å². The summed E-state index contributed by atoms with van der Waals surface area (Å²) in [5.41, 5.74) is 1.85. The first-order valence-corrected chi connectivity index (χ1v) is 8.72. The molecular weight excluding hydrogens is 351 g/mol. The third-order valence-corrected chi connectivity index (χ3v) is 5.19. The minimum Gasteiger partial charge on any atom is -0.388 e. The summed E-state index contributed by atoms with van der Waals surface area (Å²) in [4.78, 5) is 11.0. The first-order valence-electron chi connectivity index (χ1n) is 8.72. The van der Waals surface area contributed by atoms with Gasteiger partial charge in [0.15, 0.2) is 0 Å². The molecule has 1 amide bonds. The minimum atomic E-state index is -5.06. The summed E-state index contributed by atoms with van der Waals surface area (Å²) in [6.45, 7) is -0.324. The molecule has 0 radical (unpaired) electrons. The van der Waals surface area contributed by atoms with Crippen molar-refractivity contribution in [2.75, 3.05) is 6.61 Å². The number of aliphatic hydroxyl groups is 2. The molecule has 1 aliphatic heterocycles. The lowest BCUT2D eigenvalue weighted by Crippen LogP contribution is -2.58. The van der Waals surface area contributed by atoms with Gasteiger partial charge in [0, 0.05) is 0 Å². The Morgan fingerprint density at radius 2 is 1.62 bits per heavy atom. The predicted molar refractivity (Wildman–Crippen MR) is 86.3 cm³/mol. The fourth-order valence-corrected chi connectivity index (χ4v) is 3.71. The molecule has 3 rings (SSSR count). The zero-order valence-corrected chi connectivity index (χ0v) is 14.1. The van der Waals surface area contributed by atoms with E-state index in [9.17, 15) is 28.2 Å². The van der Waals surface area contributed by atoms with Gasteiger partial charge in [0.25, 0.3) is 0 Å². The van der Waals surface area contributed by atoms with E-state index in [-0.39, 0.29) is 6.61 Å². The molecule has 8 heteroatoms. The average molecular weight is 373 g/mol. The Morgan fingerprint density at radius 3 is 2.19 bits per heavy atom. The highest BCUT2D eigenvalue weighted by molar-refractivity contribution is 5.82. The highest BCUT2D eigenvalue weighted by Gasteiger charge is 2.45. The van der Waals surface area contributed by atoms with Gasteiger partial charge in [-0.1, -0.05) is 37.1 Å². The van der Waals surface area contributed by atoms with Gasteiger partial charge in [-0.25, -0.2) is 0 Å². The van der Waals surface area contributed by atoms with Crippen molar-refractivity contribution in [3.8, 4) is 0 Å². The second-order valence-electron chi connectivity index (χ2n) is 6.96. The van der Waals surface area contributed by atoms with Crippen LogP contribution in [0.2, 0.25) is 0 Å². The van der Waals surface area contributed by atoms with Gasteiger partial charge in [0.05, 0.1) is 12.6 Å². The van der Waals surface area contributed by atoms with E-state index in [1.165, 1.54) is 18.4 Å². The van der Waals surface area contributed by atoms with Gasteiger partial charge in [0.2, 0.25) is 0 Å². The lowest BCUT2D eigenvalue weighted by molar-refractivity contribution is -0.183. The van der Waals surface area contributed by atoms with Gasteiger partial charge >= 0.3 is 12.1 Å². The molecule has 4 atom stereocenters. The maximum Gasteiger partial charge on any atom is 0.471 e. The predicted octanol–water partition coefficient (Wildman–Crippen LogP) is 2.18. The number of hydrogen-bond donors (Lipinski definition) is 3. The van der Waals surface area contributed by atoms with Crippen LogP contribution in [-0.2, 0) is 9.53 Å². The third-order valence-electron chi connectivity index (χ3n) is 5.19. The SMILES string of the molecule is O=C(N[C@H]1CO[C@H](c2ccc(C3CCCC3)cc2)[C@H](O)[C@@H]1O)C(F)(F)F. The standard InChI is InChI=1S/C18H22F3NO4/c19-18(20,21)17(25)22-13-9-26-16(15(24)14(13)23)12-7-5-11(6-8-12)10-3-1-2-4-10/h5-8,10,13-16,23-24H,1-4,9H2,(H,22,25)/t13-,14+,15+,16+/m0/s1. The van der Waals surface area contributed by atoms with Gasteiger partial charge in [-0.2, -0.15) is 13.2 Å². The molecule has 5 nitrogen and oxygen atoms in total. The van der Waals surface area contributed by atoms with E-state index in [0.29, 0.717) is 11.5 Å². The van der Waals surface area contributed by atoms with E-state index in [1.807, 2.05) is 24.3 Å². The number of alkyl halides is 3. The highest BCUT2D eigenvalue weighted by Crippen LogP contribution is 2.35. The maximum absolute atomic E-state index is 12.3. The summed E-state index contributed by atoms with van der Waals surface area (Å²) in [7, 11) is 0. The molecule has 1 heterocycles. The van der Waals surface area contributed by atoms with Gasteiger partial charge in [-0.3, -0.25) is 4.79 Å². The van der Waals surface area contributed by atoms with Crippen LogP contribution in [0.4, 0.5) is 13.2 Å². The van der Waals surface area contributed by atoms with Crippen LogP contribution in [0.15, 0.2) is 24.3 Å². The first-order chi connectivity index (χ1) is 12.3. The van der Waals surface area contributed by atoms with Gasteiger partial charge in [-0.05, 0) is 29.9 Å². The van der Waals surface area contributed by atoms with E-state index < -0.39 is 36.4 Å². The minimum absolute atomic E-state index is 0.324. The molecule has 0 unspecified atom stereocenters. The summed E-state index contributed by atoms with van der Waals surface area (Å²) in [6, 6.07) is 6.22. The van der Waals surface area contributed by atoms with E-state index in [0.717, 1.165) is 12.8 Å². The number of nitrogens with one attached hydrogen (secondary N) is 1. The first kappa shape index (κ1) is 19.1. The van der Waals surface area contributed by atoms with Crippen molar-refractivity contribution in [2.24, 2.45) is 0 Å². The molecule has 2 aliphatic rings. The number of ether oxygens (including phenoxy) is 1.